The molecular formula is C32H72I4N2Ni. The molecular weight excluding hydrogens is 979 g/mol. The molecule has 7 heteroatoms. The molecule has 39 heavy (non-hydrogen) atoms. The van der Waals surface area contributed by atoms with Crippen LogP contribution in [0.1, 0.15) is 158 Å². The number of halogens is 4. The molecule has 0 saturated carbocycles. The van der Waals surface area contributed by atoms with Crippen LogP contribution in [0.5, 0.6) is 0 Å². The van der Waals surface area contributed by atoms with Crippen molar-refractivity contribution in [3.05, 3.63) is 0 Å². The van der Waals surface area contributed by atoms with Gasteiger partial charge in [-0.25, -0.2) is 0 Å². The van der Waals surface area contributed by atoms with Crippen LogP contribution in [0.4, 0.5) is 0 Å². The molecule has 0 radical (unpaired) electrons. The SMILES string of the molecule is CCCC[N+](CCCC)(CCCC)CCCC.CCCC[N+](CCCC)(CCCC)CCCC.[I][Ni-2]([I])([I])[I]. The van der Waals surface area contributed by atoms with Gasteiger partial charge >= 0.3 is 81.6 Å². The minimum absolute atomic E-state index is 0.370. The predicted octanol–water partition coefficient (Wildman–Crippen LogP) is 13.5. The molecule has 0 aromatic rings. The first kappa shape index (κ1) is 46.7. The van der Waals surface area contributed by atoms with Crippen molar-refractivity contribution in [3.63, 3.8) is 0 Å². The van der Waals surface area contributed by atoms with Crippen molar-refractivity contribution in [1.29, 1.82) is 0 Å². The topological polar surface area (TPSA) is 0 Å². The van der Waals surface area contributed by atoms with Crippen molar-refractivity contribution >= 4 is 81.9 Å². The van der Waals surface area contributed by atoms with Gasteiger partial charge in [-0.2, -0.15) is 0 Å². The predicted molar refractivity (Wildman–Crippen MR) is 215 cm³/mol. The van der Waals surface area contributed by atoms with E-state index in [0.29, 0.717) is 0 Å². The van der Waals surface area contributed by atoms with E-state index in [1.807, 2.05) is 0 Å². The van der Waals surface area contributed by atoms with Crippen LogP contribution in [-0.4, -0.2) is 61.3 Å². The zero-order valence-electron chi connectivity index (χ0n) is 27.7. The average Bonchev–Trinajstić information content (AvgIpc) is 2.91. The molecule has 0 saturated heterocycles. The normalized spacial score (nSPS) is 12.4. The van der Waals surface area contributed by atoms with Crippen LogP contribution < -0.4 is 0 Å². The second kappa shape index (κ2) is 32.7. The van der Waals surface area contributed by atoms with E-state index in [2.05, 4.69) is 137 Å². The van der Waals surface area contributed by atoms with Crippen LogP contribution in [0.15, 0.2) is 0 Å². The van der Waals surface area contributed by atoms with E-state index in [-0.39, 0.29) is -0.351 Å². The Morgan fingerprint density at radius 1 is 0.308 bits per heavy atom. The Labute approximate surface area is 297 Å². The van der Waals surface area contributed by atoms with Gasteiger partial charge in [-0.05, 0) is 51.4 Å². The van der Waals surface area contributed by atoms with Crippen molar-refractivity contribution in [1.82, 2.24) is 0 Å². The second-order valence-electron chi connectivity index (χ2n) is 11.6. The summed E-state index contributed by atoms with van der Waals surface area (Å²) in [5, 5.41) is 0. The first-order chi connectivity index (χ1) is 18.5. The van der Waals surface area contributed by atoms with Crippen LogP contribution in [0.2, 0.25) is 0 Å². The van der Waals surface area contributed by atoms with Gasteiger partial charge < -0.3 is 8.97 Å². The van der Waals surface area contributed by atoms with Gasteiger partial charge in [0.15, 0.2) is 0 Å². The van der Waals surface area contributed by atoms with Crippen molar-refractivity contribution in [2.24, 2.45) is 0 Å². The van der Waals surface area contributed by atoms with Gasteiger partial charge in [0, 0.05) is 0 Å². The monoisotopic (exact) mass is 1050 g/mol. The second-order valence-corrected chi connectivity index (χ2v) is 61.6. The van der Waals surface area contributed by atoms with Gasteiger partial charge in [-0.15, -0.1) is 0 Å². The quantitative estimate of drug-likeness (QED) is 0.0513. The van der Waals surface area contributed by atoms with Crippen LogP contribution in [0.25, 0.3) is 0 Å². The maximum absolute atomic E-state index is 2.43. The summed E-state index contributed by atoms with van der Waals surface area (Å²) < 4.78 is 2.47. The van der Waals surface area contributed by atoms with Gasteiger partial charge in [0.25, 0.3) is 0 Å². The van der Waals surface area contributed by atoms with Gasteiger partial charge in [0.2, 0.25) is 0 Å². The molecule has 0 spiro atoms. The van der Waals surface area contributed by atoms with E-state index < -0.39 is 0 Å². The summed E-state index contributed by atoms with van der Waals surface area (Å²) in [6, 6.07) is 0. The molecule has 0 atom stereocenters. The standard InChI is InChI=1S/2C16H36N.4HI.Ni/c2*1-5-9-13-17(14-10-6-2,15-11-7-3)16-12-8-4;;;;;/h2*5-16H2,1-4H3;4*1H;/q2*+1;;;;;+2/p-4. The van der Waals surface area contributed by atoms with E-state index in [4.69, 9.17) is 0 Å². The van der Waals surface area contributed by atoms with Gasteiger partial charge in [0.1, 0.15) is 0 Å². The third-order valence-corrected chi connectivity index (χ3v) is 7.89. The molecule has 0 aromatic heterocycles. The molecule has 2 nitrogen and oxygen atoms in total. The van der Waals surface area contributed by atoms with Crippen molar-refractivity contribution in [2.75, 3.05) is 52.4 Å². The summed E-state index contributed by atoms with van der Waals surface area (Å²) >= 11 is 9.73. The van der Waals surface area contributed by atoms with Crippen LogP contribution in [0.3, 0.4) is 0 Å². The summed E-state index contributed by atoms with van der Waals surface area (Å²) in [7, 11) is 0. The summed E-state index contributed by atoms with van der Waals surface area (Å²) in [4.78, 5) is 0. The van der Waals surface area contributed by atoms with Gasteiger partial charge in [-0.1, -0.05) is 107 Å². The number of nitrogens with zero attached hydrogens (tertiary/aromatic N) is 2. The van der Waals surface area contributed by atoms with Crippen molar-refractivity contribution in [3.8, 4) is 0 Å². The first-order valence-corrected chi connectivity index (χ1v) is 29.4. The molecule has 0 heterocycles. The van der Waals surface area contributed by atoms with E-state index in [1.165, 1.54) is 164 Å². The number of hydrogen-bond acceptors (Lipinski definition) is 0. The molecule has 0 fully saturated rings. The molecule has 0 aliphatic heterocycles. The Morgan fingerprint density at radius 2 is 0.410 bits per heavy atom. The number of quaternary nitrogens is 2. The molecule has 0 aliphatic carbocycles. The van der Waals surface area contributed by atoms with Crippen LogP contribution in [0, 0.1) is 0 Å². The maximum atomic E-state index is 2.43. The molecule has 0 N–H and O–H groups in total. The van der Waals surface area contributed by atoms with E-state index in [9.17, 15) is 0 Å². The van der Waals surface area contributed by atoms with Gasteiger partial charge in [0.05, 0.1) is 52.4 Å². The van der Waals surface area contributed by atoms with E-state index in [1.54, 1.807) is 0 Å². The third kappa shape index (κ3) is 34.1. The number of rotatable bonds is 24. The minimum atomic E-state index is -0.370. The molecule has 0 aromatic carbocycles. The average molecular weight is 1050 g/mol. The van der Waals surface area contributed by atoms with E-state index in [0.717, 1.165) is 0 Å². The Balaban J connectivity index is -0.000000566. The fraction of sp³-hybridized carbons (Fsp3) is 1.00. The summed E-state index contributed by atoms with van der Waals surface area (Å²) in [6.07, 6.45) is 22.1. The Morgan fingerprint density at radius 3 is 0.487 bits per heavy atom. The van der Waals surface area contributed by atoms with Gasteiger partial charge in [-0.3, -0.25) is 0 Å². The van der Waals surface area contributed by atoms with E-state index >= 15 is 0 Å². The fourth-order valence-corrected chi connectivity index (χ4v) is 5.29. The Bertz CT molecular complexity index is 359. The zero-order valence-corrected chi connectivity index (χ0v) is 37.3. The van der Waals surface area contributed by atoms with Crippen molar-refractivity contribution < 1.29 is 8.61 Å². The molecule has 0 amide bonds. The molecule has 0 unspecified atom stereocenters. The molecule has 0 aliphatic rings. The van der Waals surface area contributed by atoms with Crippen molar-refractivity contribution in [2.45, 2.75) is 158 Å². The molecule has 248 valence electrons. The molecule has 0 bridgehead atoms. The number of unbranched alkanes of at least 4 members (excludes halogenated alkanes) is 8. The fourth-order valence-electron chi connectivity index (χ4n) is 5.29. The third-order valence-electron chi connectivity index (χ3n) is 7.89. The molecule has 0 rings (SSSR count). The zero-order chi connectivity index (χ0) is 30.5. The first-order valence-electron chi connectivity index (χ1n) is 16.7. The van der Waals surface area contributed by atoms with Crippen LogP contribution in [-0.2, 0) is -0.351 Å². The Hall–Kier alpha value is 3.33. The summed E-state index contributed by atoms with van der Waals surface area (Å²) in [5.74, 6) is 0. The summed E-state index contributed by atoms with van der Waals surface area (Å²) in [5.41, 5.74) is 0. The van der Waals surface area contributed by atoms with Crippen LogP contribution >= 0.6 is 81.9 Å². The number of hydrogen-bond donors (Lipinski definition) is 0. The summed E-state index contributed by atoms with van der Waals surface area (Å²) in [6.45, 7) is 30.0. The Kier molecular flexibility index (Phi) is 39.2.